The first kappa shape index (κ1) is 21.2. The molecule has 0 aromatic heterocycles. The number of sulfonamides is 1. The first-order valence-corrected chi connectivity index (χ1v) is 11.5. The third kappa shape index (κ3) is 4.90. The van der Waals surface area contributed by atoms with Crippen LogP contribution in [0, 0.1) is 0 Å². The molecular formula is C22H28N2O4S. The summed E-state index contributed by atoms with van der Waals surface area (Å²) in [4.78, 5) is 14.9. The van der Waals surface area contributed by atoms with Gasteiger partial charge in [-0.1, -0.05) is 38.0 Å². The lowest BCUT2D eigenvalue weighted by Gasteiger charge is -2.22. The van der Waals surface area contributed by atoms with Gasteiger partial charge in [0.25, 0.3) is 15.9 Å². The van der Waals surface area contributed by atoms with Crippen LogP contribution in [0.1, 0.15) is 48.5 Å². The second kappa shape index (κ2) is 9.31. The van der Waals surface area contributed by atoms with Gasteiger partial charge in [-0.3, -0.25) is 9.52 Å². The first-order valence-electron chi connectivity index (χ1n) is 10.0. The molecule has 1 amide bonds. The van der Waals surface area contributed by atoms with Gasteiger partial charge in [-0.05, 0) is 49.1 Å². The fourth-order valence-corrected chi connectivity index (χ4v) is 4.72. The van der Waals surface area contributed by atoms with E-state index < -0.39 is 10.0 Å². The van der Waals surface area contributed by atoms with Crippen molar-refractivity contribution >= 4 is 21.6 Å². The molecule has 1 aliphatic heterocycles. The van der Waals surface area contributed by atoms with Crippen molar-refractivity contribution in [1.82, 2.24) is 4.90 Å². The monoisotopic (exact) mass is 416 g/mol. The van der Waals surface area contributed by atoms with Gasteiger partial charge in [-0.2, -0.15) is 0 Å². The smallest absolute Gasteiger partial charge is 0.261 e. The molecule has 156 valence electrons. The van der Waals surface area contributed by atoms with Gasteiger partial charge in [0.05, 0.1) is 23.3 Å². The Hall–Kier alpha value is -2.54. The SMILES string of the molecule is CCc1ccccc1NS(=O)(=O)c1ccc(OC)c(C(=O)N2CCCCCC2)c1. The van der Waals surface area contributed by atoms with E-state index in [-0.39, 0.29) is 16.4 Å². The molecule has 6 nitrogen and oxygen atoms in total. The van der Waals surface area contributed by atoms with Gasteiger partial charge in [0.2, 0.25) is 0 Å². The van der Waals surface area contributed by atoms with Gasteiger partial charge in [0.1, 0.15) is 5.75 Å². The molecule has 2 aromatic rings. The molecule has 0 aliphatic carbocycles. The summed E-state index contributed by atoms with van der Waals surface area (Å²) in [5.41, 5.74) is 1.73. The van der Waals surface area contributed by atoms with Crippen molar-refractivity contribution < 1.29 is 17.9 Å². The molecule has 0 atom stereocenters. The molecule has 29 heavy (non-hydrogen) atoms. The second-order valence-corrected chi connectivity index (χ2v) is 8.87. The topological polar surface area (TPSA) is 75.7 Å². The number of rotatable bonds is 6. The fourth-order valence-electron chi connectivity index (χ4n) is 3.60. The van der Waals surface area contributed by atoms with Gasteiger partial charge in [0.15, 0.2) is 0 Å². The van der Waals surface area contributed by atoms with E-state index in [9.17, 15) is 13.2 Å². The summed E-state index contributed by atoms with van der Waals surface area (Å²) >= 11 is 0. The fraction of sp³-hybridized carbons (Fsp3) is 0.409. The molecular weight excluding hydrogens is 388 g/mol. The zero-order chi connectivity index (χ0) is 20.9. The van der Waals surface area contributed by atoms with Gasteiger partial charge in [0, 0.05) is 13.1 Å². The van der Waals surface area contributed by atoms with Crippen LogP contribution in [-0.4, -0.2) is 39.4 Å². The number of benzene rings is 2. The van der Waals surface area contributed by atoms with E-state index in [2.05, 4.69) is 4.72 Å². The number of carbonyl (C=O) groups is 1. The molecule has 1 heterocycles. The van der Waals surface area contributed by atoms with E-state index in [1.807, 2.05) is 19.1 Å². The van der Waals surface area contributed by atoms with Crippen molar-refractivity contribution in [3.63, 3.8) is 0 Å². The Morgan fingerprint density at radius 2 is 1.76 bits per heavy atom. The minimum atomic E-state index is -3.84. The molecule has 2 aromatic carbocycles. The van der Waals surface area contributed by atoms with Gasteiger partial charge in [-0.25, -0.2) is 8.42 Å². The van der Waals surface area contributed by atoms with Crippen molar-refractivity contribution in [2.75, 3.05) is 24.9 Å². The number of nitrogens with one attached hydrogen (secondary N) is 1. The van der Waals surface area contributed by atoms with E-state index in [0.29, 0.717) is 30.9 Å². The molecule has 1 N–H and O–H groups in total. The third-order valence-electron chi connectivity index (χ3n) is 5.25. The maximum atomic E-state index is 13.1. The summed E-state index contributed by atoms with van der Waals surface area (Å²) in [6.45, 7) is 3.33. The largest absolute Gasteiger partial charge is 0.496 e. The Labute approximate surface area is 172 Å². The summed E-state index contributed by atoms with van der Waals surface area (Å²) in [7, 11) is -2.36. The van der Waals surface area contributed by atoms with Crippen LogP contribution < -0.4 is 9.46 Å². The van der Waals surface area contributed by atoms with Crippen molar-refractivity contribution in [3.8, 4) is 5.75 Å². The first-order chi connectivity index (χ1) is 14.0. The standard InChI is InChI=1S/C22H28N2O4S/c1-3-17-10-6-7-11-20(17)23-29(26,27)18-12-13-21(28-2)19(16-18)22(25)24-14-8-4-5-9-15-24/h6-7,10-13,16,23H,3-5,8-9,14-15H2,1-2H3. The normalized spacial score (nSPS) is 14.9. The number of hydrogen-bond acceptors (Lipinski definition) is 4. The van der Waals surface area contributed by atoms with Crippen LogP contribution >= 0.6 is 0 Å². The lowest BCUT2D eigenvalue weighted by molar-refractivity contribution is 0.0758. The van der Waals surface area contributed by atoms with Crippen LogP contribution in [0.25, 0.3) is 0 Å². The molecule has 0 saturated carbocycles. The summed E-state index contributed by atoms with van der Waals surface area (Å²) in [5.74, 6) is 0.196. The van der Waals surface area contributed by atoms with Gasteiger partial charge in [-0.15, -0.1) is 0 Å². The summed E-state index contributed by atoms with van der Waals surface area (Å²) < 4.78 is 34.0. The molecule has 0 unspecified atom stereocenters. The predicted molar refractivity (Wildman–Crippen MR) is 114 cm³/mol. The average Bonchev–Trinajstić information content (AvgIpc) is 3.02. The van der Waals surface area contributed by atoms with E-state index in [1.165, 1.54) is 19.2 Å². The molecule has 0 spiro atoms. The molecule has 1 saturated heterocycles. The number of para-hydroxylation sites is 1. The highest BCUT2D eigenvalue weighted by molar-refractivity contribution is 7.92. The van der Waals surface area contributed by atoms with Crippen LogP contribution in [-0.2, 0) is 16.4 Å². The Bertz CT molecular complexity index is 965. The minimum Gasteiger partial charge on any atom is -0.496 e. The van der Waals surface area contributed by atoms with Gasteiger partial charge >= 0.3 is 0 Å². The number of amides is 1. The van der Waals surface area contributed by atoms with Crippen molar-refractivity contribution in [2.24, 2.45) is 0 Å². The lowest BCUT2D eigenvalue weighted by atomic mass is 10.1. The van der Waals surface area contributed by atoms with Gasteiger partial charge < -0.3 is 9.64 Å². The number of likely N-dealkylation sites (tertiary alicyclic amines) is 1. The zero-order valence-electron chi connectivity index (χ0n) is 17.0. The Balaban J connectivity index is 1.93. The van der Waals surface area contributed by atoms with E-state index in [0.717, 1.165) is 31.2 Å². The number of methoxy groups -OCH3 is 1. The molecule has 0 radical (unpaired) electrons. The van der Waals surface area contributed by atoms with Crippen molar-refractivity contribution in [3.05, 3.63) is 53.6 Å². The second-order valence-electron chi connectivity index (χ2n) is 7.18. The molecule has 0 bridgehead atoms. The van der Waals surface area contributed by atoms with Crippen LogP contribution in [0.3, 0.4) is 0 Å². The Kier molecular flexibility index (Phi) is 6.79. The summed E-state index contributed by atoms with van der Waals surface area (Å²) in [6, 6.07) is 11.7. The summed E-state index contributed by atoms with van der Waals surface area (Å²) in [5, 5.41) is 0. The molecule has 1 aliphatic rings. The number of anilines is 1. The summed E-state index contributed by atoms with van der Waals surface area (Å²) in [6.07, 6.45) is 4.84. The van der Waals surface area contributed by atoms with Crippen molar-refractivity contribution in [2.45, 2.75) is 43.9 Å². The highest BCUT2D eigenvalue weighted by atomic mass is 32.2. The quantitative estimate of drug-likeness (QED) is 0.770. The molecule has 7 heteroatoms. The Morgan fingerprint density at radius 3 is 2.41 bits per heavy atom. The number of aryl methyl sites for hydroxylation is 1. The van der Waals surface area contributed by atoms with E-state index in [1.54, 1.807) is 23.1 Å². The lowest BCUT2D eigenvalue weighted by Crippen LogP contribution is -2.32. The molecule has 3 rings (SSSR count). The van der Waals surface area contributed by atoms with E-state index >= 15 is 0 Å². The number of hydrogen-bond donors (Lipinski definition) is 1. The average molecular weight is 417 g/mol. The maximum Gasteiger partial charge on any atom is 0.261 e. The third-order valence-corrected chi connectivity index (χ3v) is 6.61. The Morgan fingerprint density at radius 1 is 1.07 bits per heavy atom. The number of ether oxygens (including phenoxy) is 1. The van der Waals surface area contributed by atoms with Crippen molar-refractivity contribution in [1.29, 1.82) is 0 Å². The zero-order valence-corrected chi connectivity index (χ0v) is 17.8. The van der Waals surface area contributed by atoms with Crippen LogP contribution in [0.15, 0.2) is 47.4 Å². The number of carbonyl (C=O) groups excluding carboxylic acids is 1. The van der Waals surface area contributed by atoms with Crippen LogP contribution in [0.2, 0.25) is 0 Å². The minimum absolute atomic E-state index is 0.0439. The molecule has 1 fully saturated rings. The highest BCUT2D eigenvalue weighted by Crippen LogP contribution is 2.27. The highest BCUT2D eigenvalue weighted by Gasteiger charge is 2.24. The predicted octanol–water partition coefficient (Wildman–Crippen LogP) is 4.07. The maximum absolute atomic E-state index is 13.1. The number of nitrogens with zero attached hydrogens (tertiary/aromatic N) is 1. The van der Waals surface area contributed by atoms with E-state index in [4.69, 9.17) is 4.74 Å². The van der Waals surface area contributed by atoms with Crippen LogP contribution in [0.4, 0.5) is 5.69 Å². The van der Waals surface area contributed by atoms with Crippen LogP contribution in [0.5, 0.6) is 5.75 Å².